The van der Waals surface area contributed by atoms with E-state index in [0.717, 1.165) is 42.8 Å². The fourth-order valence-corrected chi connectivity index (χ4v) is 4.23. The third-order valence-electron chi connectivity index (χ3n) is 4.91. The summed E-state index contributed by atoms with van der Waals surface area (Å²) in [5.41, 5.74) is 2.28. The van der Waals surface area contributed by atoms with Crippen molar-refractivity contribution in [3.63, 3.8) is 0 Å². The van der Waals surface area contributed by atoms with Crippen LogP contribution in [0.4, 0.5) is 5.82 Å². The first-order chi connectivity index (χ1) is 13.7. The van der Waals surface area contributed by atoms with Crippen molar-refractivity contribution < 1.29 is 4.79 Å². The molecule has 0 radical (unpaired) electrons. The van der Waals surface area contributed by atoms with Crippen LogP contribution in [0.3, 0.4) is 0 Å². The highest BCUT2D eigenvalue weighted by Gasteiger charge is 2.22. The lowest BCUT2D eigenvalue weighted by molar-refractivity contribution is -0.128. The third kappa shape index (κ3) is 4.04. The van der Waals surface area contributed by atoms with Crippen LogP contribution in [-0.4, -0.2) is 57.3 Å². The fraction of sp³-hybridized carbons (Fsp3) is 0.286. The summed E-state index contributed by atoms with van der Waals surface area (Å²) in [4.78, 5) is 25.7. The average Bonchev–Trinajstić information content (AvgIpc) is 3.21. The third-order valence-corrected chi connectivity index (χ3v) is 5.86. The molecule has 1 aliphatic rings. The van der Waals surface area contributed by atoms with Crippen molar-refractivity contribution in [1.82, 2.24) is 19.4 Å². The maximum absolute atomic E-state index is 12.7. The predicted octanol–water partition coefficient (Wildman–Crippen LogP) is 3.02. The number of aromatic nitrogens is 3. The van der Waals surface area contributed by atoms with E-state index in [9.17, 15) is 4.79 Å². The first kappa shape index (κ1) is 18.6. The number of imidazole rings is 1. The second kappa shape index (κ2) is 8.48. The Balaban J connectivity index is 1.34. The van der Waals surface area contributed by atoms with Gasteiger partial charge in [-0.25, -0.2) is 9.97 Å². The Kier molecular flexibility index (Phi) is 5.62. The van der Waals surface area contributed by atoms with E-state index in [0.29, 0.717) is 5.75 Å². The number of nitrogens with zero attached hydrogens (tertiary/aromatic N) is 5. The van der Waals surface area contributed by atoms with Gasteiger partial charge in [-0.2, -0.15) is 0 Å². The summed E-state index contributed by atoms with van der Waals surface area (Å²) in [7, 11) is 0. The molecule has 0 aliphatic carbocycles. The fourth-order valence-electron chi connectivity index (χ4n) is 3.36. The lowest BCUT2D eigenvalue weighted by Crippen LogP contribution is -2.49. The zero-order valence-electron chi connectivity index (χ0n) is 15.9. The van der Waals surface area contributed by atoms with Crippen LogP contribution < -0.4 is 4.90 Å². The monoisotopic (exact) mass is 393 g/mol. The summed E-state index contributed by atoms with van der Waals surface area (Å²) >= 11 is 1.49. The number of rotatable bonds is 5. The molecule has 6 nitrogen and oxygen atoms in total. The van der Waals surface area contributed by atoms with Crippen LogP contribution in [0.5, 0.6) is 0 Å². The summed E-state index contributed by atoms with van der Waals surface area (Å²) in [6.45, 7) is 5.15. The molecule has 144 valence electrons. The number of pyridine rings is 1. The van der Waals surface area contributed by atoms with Gasteiger partial charge in [0, 0.05) is 44.8 Å². The minimum Gasteiger partial charge on any atom is -0.353 e. The van der Waals surface area contributed by atoms with E-state index in [1.165, 1.54) is 17.3 Å². The Bertz CT molecular complexity index is 935. The molecule has 0 spiro atoms. The van der Waals surface area contributed by atoms with Crippen LogP contribution in [0.25, 0.3) is 5.69 Å². The summed E-state index contributed by atoms with van der Waals surface area (Å²) in [5, 5.41) is 0.842. The van der Waals surface area contributed by atoms with E-state index in [2.05, 4.69) is 33.9 Å². The molecular formula is C21H23N5OS. The van der Waals surface area contributed by atoms with E-state index in [1.54, 1.807) is 12.4 Å². The van der Waals surface area contributed by atoms with Gasteiger partial charge in [0.15, 0.2) is 5.16 Å². The molecule has 3 aromatic rings. The molecule has 1 aromatic carbocycles. The lowest BCUT2D eigenvalue weighted by Gasteiger charge is -2.35. The number of hydrogen-bond acceptors (Lipinski definition) is 5. The Labute approximate surface area is 169 Å². The van der Waals surface area contributed by atoms with Crippen LogP contribution in [0.2, 0.25) is 0 Å². The van der Waals surface area contributed by atoms with Crippen molar-refractivity contribution in [2.45, 2.75) is 12.1 Å². The van der Waals surface area contributed by atoms with Gasteiger partial charge in [0.25, 0.3) is 0 Å². The lowest BCUT2D eigenvalue weighted by atomic mass is 10.2. The van der Waals surface area contributed by atoms with E-state index in [-0.39, 0.29) is 5.91 Å². The van der Waals surface area contributed by atoms with E-state index in [1.807, 2.05) is 46.0 Å². The second-order valence-corrected chi connectivity index (χ2v) is 7.65. The predicted molar refractivity (Wildman–Crippen MR) is 112 cm³/mol. The summed E-state index contributed by atoms with van der Waals surface area (Å²) in [6, 6.07) is 14.1. The van der Waals surface area contributed by atoms with Crippen molar-refractivity contribution in [3.05, 3.63) is 66.6 Å². The number of carbonyl (C=O) groups is 1. The maximum Gasteiger partial charge on any atom is 0.233 e. The van der Waals surface area contributed by atoms with E-state index < -0.39 is 0 Å². The van der Waals surface area contributed by atoms with Gasteiger partial charge in [0.2, 0.25) is 5.91 Å². The number of para-hydroxylation sites is 1. The van der Waals surface area contributed by atoms with Crippen LogP contribution in [0.15, 0.2) is 66.2 Å². The molecule has 28 heavy (non-hydrogen) atoms. The van der Waals surface area contributed by atoms with Crippen LogP contribution in [-0.2, 0) is 4.79 Å². The molecule has 0 bridgehead atoms. The van der Waals surface area contributed by atoms with Crippen molar-refractivity contribution in [2.24, 2.45) is 0 Å². The number of hydrogen-bond donors (Lipinski definition) is 0. The van der Waals surface area contributed by atoms with Crippen molar-refractivity contribution in [1.29, 1.82) is 0 Å². The minimum absolute atomic E-state index is 0.157. The topological polar surface area (TPSA) is 54.3 Å². The second-order valence-electron chi connectivity index (χ2n) is 6.71. The number of piperazine rings is 1. The molecule has 7 heteroatoms. The van der Waals surface area contributed by atoms with Gasteiger partial charge in [-0.15, -0.1) is 0 Å². The highest BCUT2D eigenvalue weighted by molar-refractivity contribution is 7.99. The van der Waals surface area contributed by atoms with Gasteiger partial charge in [-0.1, -0.05) is 36.0 Å². The van der Waals surface area contributed by atoms with Gasteiger partial charge >= 0.3 is 0 Å². The molecule has 3 heterocycles. The van der Waals surface area contributed by atoms with Gasteiger partial charge in [-0.05, 0) is 30.7 Å². The minimum atomic E-state index is 0.157. The molecule has 0 atom stereocenters. The number of aryl methyl sites for hydroxylation is 1. The molecule has 0 N–H and O–H groups in total. The van der Waals surface area contributed by atoms with Gasteiger partial charge in [-0.3, -0.25) is 9.36 Å². The normalized spacial score (nSPS) is 14.3. The summed E-state index contributed by atoms with van der Waals surface area (Å²) in [5.74, 6) is 1.53. The van der Waals surface area contributed by atoms with Crippen LogP contribution in [0, 0.1) is 6.92 Å². The molecule has 1 amide bonds. The number of benzene rings is 1. The van der Waals surface area contributed by atoms with Crippen LogP contribution in [0.1, 0.15) is 5.56 Å². The molecule has 4 rings (SSSR count). The SMILES string of the molecule is Cc1ccccc1-n1ccnc1SCC(=O)N1CCN(c2ccccn2)CC1. The van der Waals surface area contributed by atoms with Crippen LogP contribution >= 0.6 is 11.8 Å². The first-order valence-electron chi connectivity index (χ1n) is 9.38. The van der Waals surface area contributed by atoms with E-state index in [4.69, 9.17) is 0 Å². The van der Waals surface area contributed by atoms with Gasteiger partial charge in [0.1, 0.15) is 5.82 Å². The number of thioether (sulfide) groups is 1. The van der Waals surface area contributed by atoms with E-state index >= 15 is 0 Å². The summed E-state index contributed by atoms with van der Waals surface area (Å²) in [6.07, 6.45) is 5.53. The van der Waals surface area contributed by atoms with Crippen molar-refractivity contribution in [2.75, 3.05) is 36.8 Å². The number of amides is 1. The average molecular weight is 394 g/mol. The van der Waals surface area contributed by atoms with Crippen molar-refractivity contribution in [3.8, 4) is 5.69 Å². The molecular weight excluding hydrogens is 370 g/mol. The van der Waals surface area contributed by atoms with Crippen molar-refractivity contribution >= 4 is 23.5 Å². The zero-order chi connectivity index (χ0) is 19.3. The largest absolute Gasteiger partial charge is 0.353 e. The molecule has 2 aromatic heterocycles. The Morgan fingerprint density at radius 1 is 1.00 bits per heavy atom. The zero-order valence-corrected chi connectivity index (χ0v) is 16.7. The highest BCUT2D eigenvalue weighted by atomic mass is 32.2. The highest BCUT2D eigenvalue weighted by Crippen LogP contribution is 2.23. The number of anilines is 1. The molecule has 1 aliphatic heterocycles. The molecule has 0 unspecified atom stereocenters. The molecule has 1 fully saturated rings. The standard InChI is InChI=1S/C21H23N5OS/c1-17-6-2-3-7-18(17)26-11-10-23-21(26)28-16-20(27)25-14-12-24(13-15-25)19-8-4-5-9-22-19/h2-11H,12-16H2,1H3. The number of carbonyl (C=O) groups excluding carboxylic acids is 1. The Morgan fingerprint density at radius 3 is 2.54 bits per heavy atom. The quantitative estimate of drug-likeness (QED) is 0.624. The van der Waals surface area contributed by atoms with Gasteiger partial charge in [0.05, 0.1) is 11.4 Å². The summed E-state index contributed by atoms with van der Waals surface area (Å²) < 4.78 is 2.05. The Hall–Kier alpha value is -2.80. The van der Waals surface area contributed by atoms with Gasteiger partial charge < -0.3 is 9.80 Å². The smallest absolute Gasteiger partial charge is 0.233 e. The maximum atomic E-state index is 12.7. The molecule has 1 saturated heterocycles. The molecule has 0 saturated carbocycles. The Morgan fingerprint density at radius 2 is 1.79 bits per heavy atom. The first-order valence-corrected chi connectivity index (χ1v) is 10.4.